The molecule has 0 aromatic heterocycles. The average molecular weight is 397 g/mol. The first-order valence-electron chi connectivity index (χ1n) is 6.38. The largest absolute Gasteiger partial charge is 0.326 e. The van der Waals surface area contributed by atoms with Crippen LogP contribution in [0, 0.1) is 0 Å². The van der Waals surface area contributed by atoms with Crippen LogP contribution >= 0.6 is 15.9 Å². The lowest BCUT2D eigenvalue weighted by Gasteiger charge is -2.32. The summed E-state index contributed by atoms with van der Waals surface area (Å²) in [5.74, 6) is -0.292. The molecule has 9 heteroatoms. The van der Waals surface area contributed by atoms with E-state index in [1.165, 1.54) is 10.4 Å². The quantitative estimate of drug-likeness (QED) is 0.811. The van der Waals surface area contributed by atoms with Crippen molar-refractivity contribution in [2.45, 2.75) is 24.4 Å². The third-order valence-corrected chi connectivity index (χ3v) is 8.21. The molecule has 1 heterocycles. The number of sulfonamides is 1. The summed E-state index contributed by atoms with van der Waals surface area (Å²) in [6.45, 7) is 1.91. The number of nitrogens with zero attached hydrogens (tertiary/aromatic N) is 1. The Morgan fingerprint density at radius 1 is 1.43 bits per heavy atom. The minimum absolute atomic E-state index is 0.0170. The Bertz CT molecular complexity index is 747. The predicted molar refractivity (Wildman–Crippen MR) is 84.0 cm³/mol. The van der Waals surface area contributed by atoms with Gasteiger partial charge in [-0.2, -0.15) is 4.31 Å². The van der Waals surface area contributed by atoms with Crippen LogP contribution in [0.2, 0.25) is 0 Å². The van der Waals surface area contributed by atoms with Gasteiger partial charge in [-0.05, 0) is 40.5 Å². The van der Waals surface area contributed by atoms with Crippen LogP contribution in [0.4, 0.5) is 0 Å². The summed E-state index contributed by atoms with van der Waals surface area (Å²) in [6, 6.07) is 4.24. The number of nitrogens with two attached hydrogens (primary N) is 1. The normalized spacial score (nSPS) is 23.1. The second kappa shape index (κ2) is 5.96. The van der Waals surface area contributed by atoms with Gasteiger partial charge in [0.15, 0.2) is 9.84 Å². The van der Waals surface area contributed by atoms with Gasteiger partial charge in [-0.3, -0.25) is 0 Å². The fraction of sp³-hybridized carbons (Fsp3) is 0.500. The highest BCUT2D eigenvalue weighted by molar-refractivity contribution is 9.10. The first-order valence-corrected chi connectivity index (χ1v) is 10.4. The molecule has 0 spiro atoms. The second-order valence-corrected chi connectivity index (χ2v) is 9.99. The Morgan fingerprint density at radius 3 is 2.62 bits per heavy atom. The van der Waals surface area contributed by atoms with Gasteiger partial charge in [0.05, 0.1) is 16.4 Å². The molecule has 1 aliphatic rings. The SMILES string of the molecule is CC1CS(=O)(=O)CCN1S(=O)(=O)c1ccc(CN)cc1Br. The number of benzene rings is 1. The molecule has 1 aromatic rings. The summed E-state index contributed by atoms with van der Waals surface area (Å²) in [5, 5.41) is 0. The lowest BCUT2D eigenvalue weighted by atomic mass is 10.2. The number of sulfone groups is 1. The zero-order chi connectivity index (χ0) is 15.8. The third kappa shape index (κ3) is 3.48. The van der Waals surface area contributed by atoms with Gasteiger partial charge in [-0.1, -0.05) is 6.07 Å². The van der Waals surface area contributed by atoms with Gasteiger partial charge in [-0.25, -0.2) is 16.8 Å². The van der Waals surface area contributed by atoms with Gasteiger partial charge in [0.2, 0.25) is 10.0 Å². The van der Waals surface area contributed by atoms with Gasteiger partial charge in [-0.15, -0.1) is 0 Å². The van der Waals surface area contributed by atoms with Crippen molar-refractivity contribution in [3.05, 3.63) is 28.2 Å². The Labute approximate surface area is 133 Å². The summed E-state index contributed by atoms with van der Waals surface area (Å²) >= 11 is 3.25. The maximum atomic E-state index is 12.7. The van der Waals surface area contributed by atoms with Gasteiger partial charge in [0.25, 0.3) is 0 Å². The minimum Gasteiger partial charge on any atom is -0.326 e. The van der Waals surface area contributed by atoms with Crippen LogP contribution in [0.3, 0.4) is 0 Å². The van der Waals surface area contributed by atoms with Crippen molar-refractivity contribution in [1.29, 1.82) is 0 Å². The summed E-state index contributed by atoms with van der Waals surface area (Å²) in [6.07, 6.45) is 0. The summed E-state index contributed by atoms with van der Waals surface area (Å²) in [5.41, 5.74) is 6.34. The molecule has 118 valence electrons. The standard InChI is InChI=1S/C12H17BrN2O4S2/c1-9-8-20(16,17)5-4-15(9)21(18,19)12-3-2-10(7-14)6-11(12)13/h2-3,6,9H,4-5,7-8,14H2,1H3. The second-order valence-electron chi connectivity index (χ2n) is 5.05. The topological polar surface area (TPSA) is 97.5 Å². The highest BCUT2D eigenvalue weighted by Crippen LogP contribution is 2.28. The predicted octanol–water partition coefficient (Wildman–Crippen LogP) is 0.715. The molecule has 2 rings (SSSR count). The van der Waals surface area contributed by atoms with E-state index in [9.17, 15) is 16.8 Å². The van der Waals surface area contributed by atoms with Gasteiger partial charge < -0.3 is 5.73 Å². The van der Waals surface area contributed by atoms with E-state index >= 15 is 0 Å². The lowest BCUT2D eigenvalue weighted by molar-refractivity contribution is 0.356. The van der Waals surface area contributed by atoms with Crippen molar-refractivity contribution < 1.29 is 16.8 Å². The molecule has 0 bridgehead atoms. The molecule has 0 aliphatic carbocycles. The van der Waals surface area contributed by atoms with Crippen molar-refractivity contribution in [2.75, 3.05) is 18.1 Å². The van der Waals surface area contributed by atoms with E-state index in [2.05, 4.69) is 15.9 Å². The van der Waals surface area contributed by atoms with Crippen LogP contribution in [0.1, 0.15) is 12.5 Å². The molecule has 0 saturated carbocycles. The van der Waals surface area contributed by atoms with Crippen LogP contribution in [-0.2, 0) is 26.4 Å². The first-order chi connectivity index (χ1) is 9.67. The van der Waals surface area contributed by atoms with Crippen LogP contribution in [0.5, 0.6) is 0 Å². The lowest BCUT2D eigenvalue weighted by Crippen LogP contribution is -2.49. The Balaban J connectivity index is 2.39. The Kier molecular flexibility index (Phi) is 4.79. The van der Waals surface area contributed by atoms with Crippen molar-refractivity contribution in [1.82, 2.24) is 4.31 Å². The minimum atomic E-state index is -3.74. The summed E-state index contributed by atoms with van der Waals surface area (Å²) in [4.78, 5) is 0.130. The van der Waals surface area contributed by atoms with E-state index in [0.717, 1.165) is 5.56 Å². The van der Waals surface area contributed by atoms with E-state index in [0.29, 0.717) is 11.0 Å². The summed E-state index contributed by atoms with van der Waals surface area (Å²) in [7, 11) is -6.90. The van der Waals surface area contributed by atoms with Crippen LogP contribution in [0.25, 0.3) is 0 Å². The zero-order valence-electron chi connectivity index (χ0n) is 11.5. The van der Waals surface area contributed by atoms with E-state index in [1.807, 2.05) is 0 Å². The fourth-order valence-electron chi connectivity index (χ4n) is 2.35. The molecule has 1 atom stereocenters. The summed E-state index contributed by atoms with van der Waals surface area (Å²) < 4.78 is 50.2. The van der Waals surface area contributed by atoms with Crippen molar-refractivity contribution in [2.24, 2.45) is 5.73 Å². The molecule has 21 heavy (non-hydrogen) atoms. The number of hydrogen-bond acceptors (Lipinski definition) is 5. The fourth-order valence-corrected chi connectivity index (χ4v) is 6.83. The monoisotopic (exact) mass is 396 g/mol. The first kappa shape index (κ1) is 16.9. The van der Waals surface area contributed by atoms with Gasteiger partial charge in [0.1, 0.15) is 0 Å². The number of rotatable bonds is 3. The molecule has 1 aliphatic heterocycles. The van der Waals surface area contributed by atoms with Gasteiger partial charge in [0, 0.05) is 23.6 Å². The van der Waals surface area contributed by atoms with E-state index < -0.39 is 25.9 Å². The highest BCUT2D eigenvalue weighted by Gasteiger charge is 2.37. The Morgan fingerprint density at radius 2 is 2.10 bits per heavy atom. The smallest absolute Gasteiger partial charge is 0.244 e. The van der Waals surface area contributed by atoms with Crippen molar-refractivity contribution in [3.63, 3.8) is 0 Å². The average Bonchev–Trinajstić information content (AvgIpc) is 2.36. The number of hydrogen-bond donors (Lipinski definition) is 1. The van der Waals surface area contributed by atoms with Crippen LogP contribution in [-0.4, -0.2) is 45.2 Å². The van der Waals surface area contributed by atoms with Crippen molar-refractivity contribution >= 4 is 35.8 Å². The van der Waals surface area contributed by atoms with E-state index in [1.54, 1.807) is 19.1 Å². The third-order valence-electron chi connectivity index (χ3n) is 3.43. The molecule has 1 fully saturated rings. The number of halogens is 1. The molecule has 1 unspecified atom stereocenters. The van der Waals surface area contributed by atoms with E-state index in [-0.39, 0.29) is 22.9 Å². The van der Waals surface area contributed by atoms with Gasteiger partial charge >= 0.3 is 0 Å². The van der Waals surface area contributed by atoms with Crippen LogP contribution < -0.4 is 5.73 Å². The Hall–Kier alpha value is -0.480. The maximum Gasteiger partial charge on any atom is 0.244 e. The maximum absolute atomic E-state index is 12.7. The van der Waals surface area contributed by atoms with Crippen LogP contribution in [0.15, 0.2) is 27.6 Å². The molecule has 0 radical (unpaired) electrons. The molecule has 6 nitrogen and oxygen atoms in total. The zero-order valence-corrected chi connectivity index (χ0v) is 14.7. The molecule has 2 N–H and O–H groups in total. The molecular formula is C12H17BrN2O4S2. The van der Waals surface area contributed by atoms with E-state index in [4.69, 9.17) is 5.73 Å². The highest BCUT2D eigenvalue weighted by atomic mass is 79.9. The molecule has 1 aromatic carbocycles. The molecule has 1 saturated heterocycles. The van der Waals surface area contributed by atoms with Crippen molar-refractivity contribution in [3.8, 4) is 0 Å². The molecule has 0 amide bonds. The molecular weight excluding hydrogens is 380 g/mol.